The normalized spacial score (nSPS) is 10.7. The maximum atomic E-state index is 11.6. The monoisotopic (exact) mass is 377 g/mol. The van der Waals surface area contributed by atoms with Crippen LogP contribution in [0.2, 0.25) is 0 Å². The molecule has 0 aliphatic rings. The van der Waals surface area contributed by atoms with E-state index in [2.05, 4.69) is 4.98 Å². The van der Waals surface area contributed by atoms with Gasteiger partial charge in [-0.2, -0.15) is 0 Å². The van der Waals surface area contributed by atoms with Crippen LogP contribution in [0.4, 0.5) is 5.69 Å². The molecule has 0 spiro atoms. The molecule has 2 rings (SSSR count). The lowest BCUT2D eigenvalue weighted by Gasteiger charge is -2.11. The first-order valence-corrected chi connectivity index (χ1v) is 7.62. The smallest absolute Gasteiger partial charge is 0.357 e. The highest BCUT2D eigenvalue weighted by Crippen LogP contribution is 2.29. The van der Waals surface area contributed by atoms with Crippen LogP contribution in [0.15, 0.2) is 27.8 Å². The number of H-pyrrole nitrogens is 2. The van der Waals surface area contributed by atoms with Crippen LogP contribution in [0.25, 0.3) is 12.2 Å². The first-order chi connectivity index (χ1) is 12.8. The van der Waals surface area contributed by atoms with Crippen molar-refractivity contribution in [2.24, 2.45) is 0 Å². The van der Waals surface area contributed by atoms with E-state index in [4.69, 9.17) is 14.6 Å². The molecule has 0 aliphatic heterocycles. The molecule has 11 nitrogen and oxygen atoms in total. The summed E-state index contributed by atoms with van der Waals surface area (Å²) in [5.41, 5.74) is -2.54. The first-order valence-electron chi connectivity index (χ1n) is 7.62. The summed E-state index contributed by atoms with van der Waals surface area (Å²) in [6.45, 7) is 1.48. The van der Waals surface area contributed by atoms with Crippen molar-refractivity contribution >= 4 is 23.8 Å². The standard InChI is InChI=1S/C16H15N3O8/c1-2-26-12-7-9(4-6-11(12)27-8-13(20)21)3-5-10-14(19(24)25)15(22)18-16(23)17-10/h3-7H,2,8H2,1H3,(H,20,21)(H2,17,18,22,23)/b5-3+. The Morgan fingerprint density at radius 2 is 1.96 bits per heavy atom. The number of rotatable bonds is 8. The third-order valence-corrected chi connectivity index (χ3v) is 3.19. The number of benzene rings is 1. The summed E-state index contributed by atoms with van der Waals surface area (Å²) < 4.78 is 10.5. The Hall–Kier alpha value is -3.89. The molecule has 27 heavy (non-hydrogen) atoms. The minimum absolute atomic E-state index is 0.215. The second kappa shape index (κ2) is 8.47. The van der Waals surface area contributed by atoms with E-state index in [0.717, 1.165) is 0 Å². The fraction of sp³-hybridized carbons (Fsp3) is 0.188. The van der Waals surface area contributed by atoms with E-state index < -0.39 is 34.4 Å². The number of carboxylic acid groups (broad SMARTS) is 1. The van der Waals surface area contributed by atoms with Crippen molar-refractivity contribution in [2.45, 2.75) is 6.92 Å². The molecule has 0 unspecified atom stereocenters. The Morgan fingerprint density at radius 3 is 2.59 bits per heavy atom. The molecule has 2 aromatic rings. The number of hydrogen-bond donors (Lipinski definition) is 3. The highest BCUT2D eigenvalue weighted by molar-refractivity contribution is 5.73. The first kappa shape index (κ1) is 19.4. The predicted octanol–water partition coefficient (Wildman–Crippen LogP) is 1.00. The molecule has 3 N–H and O–H groups in total. The van der Waals surface area contributed by atoms with Crippen molar-refractivity contribution in [1.29, 1.82) is 0 Å². The van der Waals surface area contributed by atoms with Gasteiger partial charge in [0.15, 0.2) is 18.1 Å². The summed E-state index contributed by atoms with van der Waals surface area (Å²) in [4.78, 5) is 47.7. The number of nitrogens with zero attached hydrogens (tertiary/aromatic N) is 1. The minimum Gasteiger partial charge on any atom is -0.490 e. The summed E-state index contributed by atoms with van der Waals surface area (Å²) >= 11 is 0. The van der Waals surface area contributed by atoms with E-state index in [0.29, 0.717) is 12.2 Å². The molecule has 11 heteroatoms. The third kappa shape index (κ3) is 5.04. The number of ether oxygens (including phenoxy) is 2. The zero-order valence-electron chi connectivity index (χ0n) is 14.1. The van der Waals surface area contributed by atoms with Crippen LogP contribution in [-0.4, -0.2) is 39.2 Å². The molecular formula is C16H15N3O8. The van der Waals surface area contributed by atoms with Crippen LogP contribution in [0.1, 0.15) is 18.2 Å². The van der Waals surface area contributed by atoms with Gasteiger partial charge >= 0.3 is 22.9 Å². The molecule has 0 bridgehead atoms. The van der Waals surface area contributed by atoms with E-state index in [1.165, 1.54) is 24.3 Å². The van der Waals surface area contributed by atoms with Crippen LogP contribution in [0.5, 0.6) is 11.5 Å². The van der Waals surface area contributed by atoms with Gasteiger partial charge in [-0.15, -0.1) is 0 Å². The average Bonchev–Trinajstić information content (AvgIpc) is 2.58. The summed E-state index contributed by atoms with van der Waals surface area (Å²) in [6.07, 6.45) is 2.62. The van der Waals surface area contributed by atoms with Crippen molar-refractivity contribution in [3.8, 4) is 11.5 Å². The Labute approximate surface area is 151 Å². The van der Waals surface area contributed by atoms with E-state index in [-0.39, 0.29) is 17.2 Å². The second-order valence-electron chi connectivity index (χ2n) is 5.08. The Bertz CT molecular complexity index is 1010. The van der Waals surface area contributed by atoms with E-state index in [1.54, 1.807) is 18.0 Å². The molecule has 0 fully saturated rings. The summed E-state index contributed by atoms with van der Waals surface area (Å²) in [5.74, 6) is -0.659. The van der Waals surface area contributed by atoms with Crippen LogP contribution < -0.4 is 20.7 Å². The Morgan fingerprint density at radius 1 is 1.22 bits per heavy atom. The summed E-state index contributed by atoms with van der Waals surface area (Å²) in [6, 6.07) is 4.55. The van der Waals surface area contributed by atoms with Gasteiger partial charge in [-0.25, -0.2) is 9.59 Å². The lowest BCUT2D eigenvalue weighted by atomic mass is 10.1. The number of aliphatic carboxylic acids is 1. The van der Waals surface area contributed by atoms with Gasteiger partial charge in [0.05, 0.1) is 11.5 Å². The van der Waals surface area contributed by atoms with E-state index >= 15 is 0 Å². The predicted molar refractivity (Wildman–Crippen MR) is 94.0 cm³/mol. The number of hydrogen-bond acceptors (Lipinski definition) is 7. The number of aromatic amines is 2. The minimum atomic E-state index is -1.15. The van der Waals surface area contributed by atoms with Crippen molar-refractivity contribution in [2.75, 3.05) is 13.2 Å². The van der Waals surface area contributed by atoms with E-state index in [1.807, 2.05) is 0 Å². The molecule has 1 heterocycles. The molecule has 0 radical (unpaired) electrons. The fourth-order valence-electron chi connectivity index (χ4n) is 2.13. The number of carbonyl (C=O) groups is 1. The topological polar surface area (TPSA) is 165 Å². The van der Waals surface area contributed by atoms with Gasteiger partial charge in [0, 0.05) is 0 Å². The maximum absolute atomic E-state index is 11.6. The molecule has 1 aromatic heterocycles. The zero-order valence-corrected chi connectivity index (χ0v) is 14.1. The molecule has 142 valence electrons. The van der Waals surface area contributed by atoms with Gasteiger partial charge in [0.25, 0.3) is 0 Å². The third-order valence-electron chi connectivity index (χ3n) is 3.19. The van der Waals surface area contributed by atoms with Crippen molar-refractivity contribution < 1.29 is 24.3 Å². The second-order valence-corrected chi connectivity index (χ2v) is 5.08. The molecule has 0 saturated carbocycles. The van der Waals surface area contributed by atoms with Crippen LogP contribution in [-0.2, 0) is 4.79 Å². The van der Waals surface area contributed by atoms with Gasteiger partial charge in [-0.05, 0) is 30.7 Å². The highest BCUT2D eigenvalue weighted by Gasteiger charge is 2.18. The number of nitro groups is 1. The average molecular weight is 377 g/mol. The molecule has 0 saturated heterocycles. The highest BCUT2D eigenvalue weighted by atomic mass is 16.6. The summed E-state index contributed by atoms with van der Waals surface area (Å²) in [7, 11) is 0. The molecule has 0 aliphatic carbocycles. The fourth-order valence-corrected chi connectivity index (χ4v) is 2.13. The van der Waals surface area contributed by atoms with Crippen LogP contribution >= 0.6 is 0 Å². The van der Waals surface area contributed by atoms with Crippen molar-refractivity contribution in [1.82, 2.24) is 9.97 Å². The molecule has 1 aromatic carbocycles. The lowest BCUT2D eigenvalue weighted by Crippen LogP contribution is -2.25. The van der Waals surface area contributed by atoms with Gasteiger partial charge in [-0.3, -0.25) is 19.9 Å². The van der Waals surface area contributed by atoms with Crippen LogP contribution in [0.3, 0.4) is 0 Å². The number of aromatic nitrogens is 2. The molecule has 0 atom stereocenters. The quantitative estimate of drug-likeness (QED) is 0.453. The van der Waals surface area contributed by atoms with Crippen molar-refractivity contribution in [3.63, 3.8) is 0 Å². The zero-order chi connectivity index (χ0) is 20.0. The molecule has 0 amide bonds. The van der Waals surface area contributed by atoms with Gasteiger partial charge in [0.1, 0.15) is 5.69 Å². The van der Waals surface area contributed by atoms with Crippen LogP contribution in [0, 0.1) is 10.1 Å². The largest absolute Gasteiger partial charge is 0.490 e. The number of carboxylic acids is 1. The SMILES string of the molecule is CCOc1cc(/C=C/c2[nH]c(=O)[nH]c(=O)c2[N+](=O)[O-])ccc1OCC(=O)O. The van der Waals surface area contributed by atoms with Crippen molar-refractivity contribution in [3.05, 3.63) is 60.4 Å². The van der Waals surface area contributed by atoms with Gasteiger partial charge in [-0.1, -0.05) is 12.1 Å². The Kier molecular flexibility index (Phi) is 6.10. The summed E-state index contributed by atoms with van der Waals surface area (Å²) in [5, 5.41) is 19.7. The lowest BCUT2D eigenvalue weighted by molar-refractivity contribution is -0.386. The number of nitrogens with one attached hydrogen (secondary N) is 2. The Balaban J connectivity index is 2.39. The van der Waals surface area contributed by atoms with E-state index in [9.17, 15) is 24.5 Å². The molecular weight excluding hydrogens is 362 g/mol. The maximum Gasteiger partial charge on any atom is 0.357 e. The van der Waals surface area contributed by atoms with Gasteiger partial charge in [0.2, 0.25) is 0 Å². The van der Waals surface area contributed by atoms with Gasteiger partial charge < -0.3 is 19.6 Å².